The van der Waals surface area contributed by atoms with Crippen LogP contribution in [-0.2, 0) is 9.53 Å². The Hall–Kier alpha value is -0.830. The zero-order chi connectivity index (χ0) is 9.56. The maximum Gasteiger partial charge on any atom is 0.335 e. The van der Waals surface area contributed by atoms with Crippen LogP contribution in [0.5, 0.6) is 0 Å². The van der Waals surface area contributed by atoms with Gasteiger partial charge >= 0.3 is 5.97 Å². The Morgan fingerprint density at radius 3 is 2.50 bits per heavy atom. The third-order valence-corrected chi connectivity index (χ3v) is 1.39. The number of nitrogens with two attached hydrogens (primary N) is 1. The highest BCUT2D eigenvalue weighted by Gasteiger charge is 2.09. The molecular weight excluding hydrogens is 154 g/mol. The normalized spacial score (nSPS) is 14.2. The standard InChI is InChI=1S/C9H17NO2/c1-4-6-8(5-2)9(11)12-7(3)10/h6-7H,4-5,10H2,1-3H3/b8-6+. The fourth-order valence-corrected chi connectivity index (χ4v) is 0.863. The molecule has 0 aliphatic carbocycles. The Labute approximate surface area is 73.6 Å². The lowest BCUT2D eigenvalue weighted by molar-refractivity contribution is -0.143. The van der Waals surface area contributed by atoms with Crippen LogP contribution in [0.25, 0.3) is 0 Å². The summed E-state index contributed by atoms with van der Waals surface area (Å²) in [5, 5.41) is 0. The maximum absolute atomic E-state index is 11.2. The zero-order valence-corrected chi connectivity index (χ0v) is 7.96. The van der Waals surface area contributed by atoms with Crippen LogP contribution in [0.2, 0.25) is 0 Å². The first-order valence-electron chi connectivity index (χ1n) is 4.27. The molecule has 0 heterocycles. The van der Waals surface area contributed by atoms with Crippen molar-refractivity contribution in [3.63, 3.8) is 0 Å². The highest BCUT2D eigenvalue weighted by Crippen LogP contribution is 2.05. The molecule has 3 heteroatoms. The Morgan fingerprint density at radius 1 is 1.58 bits per heavy atom. The van der Waals surface area contributed by atoms with Crippen molar-refractivity contribution >= 4 is 5.97 Å². The van der Waals surface area contributed by atoms with Crippen molar-refractivity contribution in [2.24, 2.45) is 5.73 Å². The van der Waals surface area contributed by atoms with E-state index in [0.29, 0.717) is 12.0 Å². The summed E-state index contributed by atoms with van der Waals surface area (Å²) in [6, 6.07) is 0. The van der Waals surface area contributed by atoms with Gasteiger partial charge in [0.15, 0.2) is 0 Å². The van der Waals surface area contributed by atoms with E-state index in [1.165, 1.54) is 0 Å². The molecule has 0 aromatic rings. The fraction of sp³-hybridized carbons (Fsp3) is 0.667. The number of esters is 1. The molecule has 0 aromatic carbocycles. The number of hydrogen-bond donors (Lipinski definition) is 1. The van der Waals surface area contributed by atoms with Gasteiger partial charge in [0.25, 0.3) is 0 Å². The van der Waals surface area contributed by atoms with Crippen LogP contribution in [0.15, 0.2) is 11.6 Å². The summed E-state index contributed by atoms with van der Waals surface area (Å²) in [6.45, 7) is 5.54. The maximum atomic E-state index is 11.2. The van der Waals surface area contributed by atoms with Crippen molar-refractivity contribution < 1.29 is 9.53 Å². The van der Waals surface area contributed by atoms with Gasteiger partial charge in [0.05, 0.1) is 0 Å². The summed E-state index contributed by atoms with van der Waals surface area (Å²) in [6.07, 6.45) is 2.88. The monoisotopic (exact) mass is 171 g/mol. The van der Waals surface area contributed by atoms with Gasteiger partial charge in [-0.25, -0.2) is 4.79 Å². The second-order valence-electron chi connectivity index (χ2n) is 2.60. The third-order valence-electron chi connectivity index (χ3n) is 1.39. The van der Waals surface area contributed by atoms with Gasteiger partial charge < -0.3 is 4.74 Å². The zero-order valence-electron chi connectivity index (χ0n) is 7.96. The molecule has 0 rings (SSSR count). The summed E-state index contributed by atoms with van der Waals surface area (Å²) < 4.78 is 4.83. The van der Waals surface area contributed by atoms with Gasteiger partial charge in [-0.15, -0.1) is 0 Å². The largest absolute Gasteiger partial charge is 0.444 e. The second-order valence-corrected chi connectivity index (χ2v) is 2.60. The molecular formula is C9H17NO2. The first-order valence-corrected chi connectivity index (χ1v) is 4.27. The van der Waals surface area contributed by atoms with E-state index in [1.807, 2.05) is 19.9 Å². The Bertz CT molecular complexity index is 173. The number of ether oxygens (including phenoxy) is 1. The molecule has 0 saturated carbocycles. The molecule has 0 fully saturated rings. The molecule has 0 aromatic heterocycles. The fourth-order valence-electron chi connectivity index (χ4n) is 0.863. The van der Waals surface area contributed by atoms with Crippen LogP contribution < -0.4 is 5.73 Å². The van der Waals surface area contributed by atoms with Crippen molar-refractivity contribution in [1.82, 2.24) is 0 Å². The molecule has 3 nitrogen and oxygen atoms in total. The van der Waals surface area contributed by atoms with Gasteiger partial charge in [-0.1, -0.05) is 19.9 Å². The van der Waals surface area contributed by atoms with Gasteiger partial charge in [-0.3, -0.25) is 5.73 Å². The minimum Gasteiger partial charge on any atom is -0.444 e. The highest BCUT2D eigenvalue weighted by atomic mass is 16.6. The van der Waals surface area contributed by atoms with E-state index in [2.05, 4.69) is 0 Å². The summed E-state index contributed by atoms with van der Waals surface area (Å²) in [7, 11) is 0. The van der Waals surface area contributed by atoms with Crippen LogP contribution in [0, 0.1) is 0 Å². The van der Waals surface area contributed by atoms with E-state index in [4.69, 9.17) is 10.5 Å². The van der Waals surface area contributed by atoms with Crippen molar-refractivity contribution in [3.05, 3.63) is 11.6 Å². The molecule has 0 aliphatic rings. The lowest BCUT2D eigenvalue weighted by Gasteiger charge is -2.08. The molecule has 2 N–H and O–H groups in total. The van der Waals surface area contributed by atoms with Crippen molar-refractivity contribution in [2.45, 2.75) is 39.8 Å². The molecule has 0 saturated heterocycles. The van der Waals surface area contributed by atoms with E-state index < -0.39 is 6.23 Å². The van der Waals surface area contributed by atoms with E-state index in [1.54, 1.807) is 6.92 Å². The highest BCUT2D eigenvalue weighted by molar-refractivity contribution is 5.88. The molecule has 1 atom stereocenters. The van der Waals surface area contributed by atoms with Gasteiger partial charge in [0, 0.05) is 5.57 Å². The average molecular weight is 171 g/mol. The molecule has 0 amide bonds. The van der Waals surface area contributed by atoms with E-state index >= 15 is 0 Å². The van der Waals surface area contributed by atoms with Gasteiger partial charge in [0.1, 0.15) is 6.23 Å². The molecule has 0 aliphatic heterocycles. The predicted octanol–water partition coefficient (Wildman–Crippen LogP) is 1.58. The number of carbonyl (C=O) groups excluding carboxylic acids is 1. The van der Waals surface area contributed by atoms with Crippen LogP contribution in [0.4, 0.5) is 0 Å². The number of carbonyl (C=O) groups is 1. The smallest absolute Gasteiger partial charge is 0.335 e. The van der Waals surface area contributed by atoms with Crippen LogP contribution >= 0.6 is 0 Å². The lowest BCUT2D eigenvalue weighted by atomic mass is 10.2. The Balaban J connectivity index is 4.13. The summed E-state index contributed by atoms with van der Waals surface area (Å²) in [5.41, 5.74) is 6.02. The Kier molecular flexibility index (Phi) is 5.37. The van der Waals surface area contributed by atoms with E-state index in [-0.39, 0.29) is 5.97 Å². The first kappa shape index (κ1) is 11.2. The first-order chi connectivity index (χ1) is 5.61. The second kappa shape index (κ2) is 5.77. The quantitative estimate of drug-likeness (QED) is 0.397. The molecule has 0 bridgehead atoms. The molecule has 70 valence electrons. The molecule has 1 unspecified atom stereocenters. The number of rotatable bonds is 4. The van der Waals surface area contributed by atoms with Crippen LogP contribution in [-0.4, -0.2) is 12.2 Å². The van der Waals surface area contributed by atoms with E-state index in [9.17, 15) is 4.79 Å². The number of hydrogen-bond acceptors (Lipinski definition) is 3. The van der Waals surface area contributed by atoms with Crippen molar-refractivity contribution in [2.75, 3.05) is 0 Å². The molecule has 0 spiro atoms. The topological polar surface area (TPSA) is 52.3 Å². The van der Waals surface area contributed by atoms with Gasteiger partial charge in [0.2, 0.25) is 0 Å². The van der Waals surface area contributed by atoms with Gasteiger partial charge in [-0.2, -0.15) is 0 Å². The minimum atomic E-state index is -0.524. The van der Waals surface area contributed by atoms with Crippen molar-refractivity contribution in [3.8, 4) is 0 Å². The average Bonchev–Trinajstić information content (AvgIpc) is 1.98. The summed E-state index contributed by atoms with van der Waals surface area (Å²) in [5.74, 6) is -0.297. The minimum absolute atomic E-state index is 0.297. The Morgan fingerprint density at radius 2 is 2.17 bits per heavy atom. The van der Waals surface area contributed by atoms with E-state index in [0.717, 1.165) is 6.42 Å². The molecule has 0 radical (unpaired) electrons. The van der Waals surface area contributed by atoms with Crippen LogP contribution in [0.1, 0.15) is 33.6 Å². The molecule has 12 heavy (non-hydrogen) atoms. The predicted molar refractivity (Wildman–Crippen MR) is 48.4 cm³/mol. The van der Waals surface area contributed by atoms with Crippen LogP contribution in [0.3, 0.4) is 0 Å². The lowest BCUT2D eigenvalue weighted by Crippen LogP contribution is -2.24. The summed E-state index contributed by atoms with van der Waals surface area (Å²) in [4.78, 5) is 11.2. The SMILES string of the molecule is CC/C=C(\CC)C(=O)OC(C)N. The van der Waals surface area contributed by atoms with Crippen molar-refractivity contribution in [1.29, 1.82) is 0 Å². The third kappa shape index (κ3) is 4.13. The number of allylic oxidation sites excluding steroid dienone is 1. The van der Waals surface area contributed by atoms with Gasteiger partial charge in [-0.05, 0) is 19.8 Å². The summed E-state index contributed by atoms with van der Waals surface area (Å²) >= 11 is 0.